The van der Waals surface area contributed by atoms with E-state index in [0.29, 0.717) is 24.4 Å². The molecule has 3 heterocycles. The summed E-state index contributed by atoms with van der Waals surface area (Å²) in [5.74, 6) is -1.78. The molecular formula is C27H28N6O4S. The van der Waals surface area contributed by atoms with E-state index in [1.165, 1.54) is 4.90 Å². The van der Waals surface area contributed by atoms with Gasteiger partial charge in [-0.1, -0.05) is 30.3 Å². The molecule has 10 nitrogen and oxygen atoms in total. The Balaban J connectivity index is 1.65. The molecular weight excluding hydrogens is 504 g/mol. The predicted octanol–water partition coefficient (Wildman–Crippen LogP) is 3.30. The second kappa shape index (κ2) is 10.6. The van der Waals surface area contributed by atoms with Gasteiger partial charge in [0.05, 0.1) is 11.8 Å². The van der Waals surface area contributed by atoms with Crippen molar-refractivity contribution >= 4 is 51.5 Å². The highest BCUT2D eigenvalue weighted by atomic mass is 32.1. The Morgan fingerprint density at radius 2 is 2.05 bits per heavy atom. The molecule has 6 N–H and O–H groups in total. The van der Waals surface area contributed by atoms with Gasteiger partial charge in [0.25, 0.3) is 11.8 Å². The number of para-hydroxylation sites is 1. The number of primary amides is 1. The number of rotatable bonds is 8. The first-order valence-corrected chi connectivity index (χ1v) is 13.0. The molecule has 1 aliphatic heterocycles. The third-order valence-electron chi connectivity index (χ3n) is 6.60. The lowest BCUT2D eigenvalue weighted by Gasteiger charge is -2.31. The number of anilines is 2. The van der Waals surface area contributed by atoms with Gasteiger partial charge in [-0.3, -0.25) is 19.3 Å². The molecule has 3 amide bonds. The van der Waals surface area contributed by atoms with Crippen LogP contribution in [0, 0.1) is 6.92 Å². The number of fused-ring (bicyclic) bond motifs is 1. The highest BCUT2D eigenvalue weighted by molar-refractivity contribution is 7.09. The van der Waals surface area contributed by atoms with Crippen molar-refractivity contribution in [3.8, 4) is 0 Å². The Kier molecular flexibility index (Phi) is 7.12. The van der Waals surface area contributed by atoms with Crippen LogP contribution < -0.4 is 21.7 Å². The minimum Gasteiger partial charge on any atom is -0.395 e. The maximum atomic E-state index is 14.2. The zero-order valence-electron chi connectivity index (χ0n) is 20.8. The Hall–Kier alpha value is -4.22. The van der Waals surface area contributed by atoms with Crippen molar-refractivity contribution in [2.24, 2.45) is 5.73 Å². The first kappa shape index (κ1) is 25.4. The standard InChI is InChI=1S/C27H28N6O4S/c1-15-6-4-7-16(12-15)33(27(36)24-21(28)22(25(29)34)32-38-24)23(26(35)31-13-17-8-5-11-37-17)19-14-30-20-10-3-2-9-18(19)20/h2-4,6-7,9-10,12,14,17,23,30H,5,8,11,13,28H2,1H3,(H2,29,34)(H,31,35)/t17-,23-/m1/s1. The molecule has 0 saturated carbocycles. The van der Waals surface area contributed by atoms with Crippen molar-refractivity contribution in [3.05, 3.63) is 76.4 Å². The highest BCUT2D eigenvalue weighted by Gasteiger charge is 2.37. The maximum absolute atomic E-state index is 14.2. The average Bonchev–Trinajstić information content (AvgIpc) is 3.65. The zero-order chi connectivity index (χ0) is 26.8. The summed E-state index contributed by atoms with van der Waals surface area (Å²) in [6.45, 7) is 2.88. The van der Waals surface area contributed by atoms with E-state index < -0.39 is 17.9 Å². The molecule has 1 aliphatic rings. The normalized spacial score (nSPS) is 15.9. The van der Waals surface area contributed by atoms with Crippen LogP contribution in [0.4, 0.5) is 11.4 Å². The van der Waals surface area contributed by atoms with E-state index in [4.69, 9.17) is 16.2 Å². The van der Waals surface area contributed by atoms with Crippen LogP contribution in [0.15, 0.2) is 54.7 Å². The van der Waals surface area contributed by atoms with E-state index in [1.807, 2.05) is 49.4 Å². The van der Waals surface area contributed by atoms with E-state index in [-0.39, 0.29) is 28.3 Å². The number of nitrogens with two attached hydrogens (primary N) is 2. The Labute approximate surface area is 223 Å². The van der Waals surface area contributed by atoms with E-state index in [2.05, 4.69) is 14.7 Å². The quantitative estimate of drug-likeness (QED) is 0.273. The van der Waals surface area contributed by atoms with Gasteiger partial charge in [0.2, 0.25) is 5.91 Å². The van der Waals surface area contributed by atoms with Gasteiger partial charge in [0, 0.05) is 41.5 Å². The number of nitrogens with zero attached hydrogens (tertiary/aromatic N) is 2. The molecule has 0 aliphatic carbocycles. The molecule has 2 aromatic heterocycles. The molecule has 4 aromatic rings. The number of benzene rings is 2. The van der Waals surface area contributed by atoms with Gasteiger partial charge >= 0.3 is 0 Å². The van der Waals surface area contributed by atoms with Crippen molar-refractivity contribution < 1.29 is 19.1 Å². The fraction of sp³-hybridized carbons (Fsp3) is 0.259. The molecule has 0 unspecified atom stereocenters. The number of H-pyrrole nitrogens is 1. The van der Waals surface area contributed by atoms with Gasteiger partial charge in [-0.25, -0.2) is 0 Å². The topological polar surface area (TPSA) is 156 Å². The molecule has 196 valence electrons. The molecule has 1 fully saturated rings. The molecule has 38 heavy (non-hydrogen) atoms. The number of nitrogen functional groups attached to an aromatic ring is 1. The lowest BCUT2D eigenvalue weighted by Crippen LogP contribution is -2.45. The van der Waals surface area contributed by atoms with E-state index in [1.54, 1.807) is 12.3 Å². The minimum absolute atomic E-state index is 0.0251. The number of carbonyl (C=O) groups excluding carboxylic acids is 3. The second-order valence-electron chi connectivity index (χ2n) is 9.22. The Morgan fingerprint density at radius 1 is 1.24 bits per heavy atom. The highest BCUT2D eigenvalue weighted by Crippen LogP contribution is 2.36. The number of nitrogens with one attached hydrogen (secondary N) is 2. The van der Waals surface area contributed by atoms with Crippen molar-refractivity contribution in [3.63, 3.8) is 0 Å². The number of carbonyl (C=O) groups is 3. The molecule has 2 aromatic carbocycles. The van der Waals surface area contributed by atoms with Crippen LogP contribution in [-0.2, 0) is 9.53 Å². The van der Waals surface area contributed by atoms with Crippen LogP contribution in [-0.4, -0.2) is 46.3 Å². The van der Waals surface area contributed by atoms with Crippen molar-refractivity contribution in [2.75, 3.05) is 23.8 Å². The lowest BCUT2D eigenvalue weighted by molar-refractivity contribution is -0.123. The lowest BCUT2D eigenvalue weighted by atomic mass is 10.0. The van der Waals surface area contributed by atoms with Crippen LogP contribution in [0.1, 0.15) is 50.2 Å². The number of hydrogen-bond donors (Lipinski definition) is 4. The van der Waals surface area contributed by atoms with Crippen LogP contribution in [0.3, 0.4) is 0 Å². The summed E-state index contributed by atoms with van der Waals surface area (Å²) in [5, 5.41) is 3.79. The number of hydrogen-bond acceptors (Lipinski definition) is 7. The predicted molar refractivity (Wildman–Crippen MR) is 146 cm³/mol. The van der Waals surface area contributed by atoms with Crippen molar-refractivity contribution in [1.82, 2.24) is 14.7 Å². The Bertz CT molecular complexity index is 1510. The maximum Gasteiger partial charge on any atom is 0.273 e. The van der Waals surface area contributed by atoms with Crippen LogP contribution >= 0.6 is 11.5 Å². The van der Waals surface area contributed by atoms with E-state index >= 15 is 0 Å². The zero-order valence-corrected chi connectivity index (χ0v) is 21.6. The van der Waals surface area contributed by atoms with Gasteiger partial charge < -0.3 is 26.5 Å². The first-order valence-electron chi connectivity index (χ1n) is 12.3. The molecule has 0 spiro atoms. The fourth-order valence-electron chi connectivity index (χ4n) is 4.73. The fourth-order valence-corrected chi connectivity index (χ4v) is 5.48. The summed E-state index contributed by atoms with van der Waals surface area (Å²) in [6.07, 6.45) is 3.45. The largest absolute Gasteiger partial charge is 0.395 e. The summed E-state index contributed by atoms with van der Waals surface area (Å²) in [4.78, 5) is 44.6. The number of ether oxygens (including phenoxy) is 1. The van der Waals surface area contributed by atoms with Gasteiger partial charge in [-0.2, -0.15) is 4.37 Å². The smallest absolute Gasteiger partial charge is 0.273 e. The van der Waals surface area contributed by atoms with Crippen molar-refractivity contribution in [1.29, 1.82) is 0 Å². The number of aryl methyl sites for hydroxylation is 1. The van der Waals surface area contributed by atoms with Gasteiger partial charge in [-0.05, 0) is 55.1 Å². The number of aromatic amines is 1. The third kappa shape index (κ3) is 4.85. The molecule has 2 atom stereocenters. The Morgan fingerprint density at radius 3 is 2.76 bits per heavy atom. The summed E-state index contributed by atoms with van der Waals surface area (Å²) in [6, 6.07) is 13.8. The minimum atomic E-state index is -1.07. The van der Waals surface area contributed by atoms with Gasteiger partial charge in [0.15, 0.2) is 5.69 Å². The first-order chi connectivity index (χ1) is 18.3. The third-order valence-corrected chi connectivity index (χ3v) is 7.46. The summed E-state index contributed by atoms with van der Waals surface area (Å²) < 4.78 is 9.70. The average molecular weight is 533 g/mol. The molecule has 11 heteroatoms. The van der Waals surface area contributed by atoms with Crippen LogP contribution in [0.5, 0.6) is 0 Å². The van der Waals surface area contributed by atoms with Gasteiger partial charge in [-0.15, -0.1) is 0 Å². The second-order valence-corrected chi connectivity index (χ2v) is 10.00. The van der Waals surface area contributed by atoms with Crippen LogP contribution in [0.2, 0.25) is 0 Å². The summed E-state index contributed by atoms with van der Waals surface area (Å²) in [5.41, 5.74) is 14.1. The number of amides is 3. The van der Waals surface area contributed by atoms with Crippen molar-refractivity contribution in [2.45, 2.75) is 31.9 Å². The van der Waals surface area contributed by atoms with Gasteiger partial charge in [0.1, 0.15) is 10.9 Å². The molecule has 0 bridgehead atoms. The summed E-state index contributed by atoms with van der Waals surface area (Å²) >= 11 is 0.777. The van der Waals surface area contributed by atoms with Crippen LogP contribution in [0.25, 0.3) is 10.9 Å². The summed E-state index contributed by atoms with van der Waals surface area (Å²) in [7, 11) is 0. The number of aromatic nitrogens is 2. The molecule has 0 radical (unpaired) electrons. The monoisotopic (exact) mass is 532 g/mol. The van der Waals surface area contributed by atoms with E-state index in [0.717, 1.165) is 40.8 Å². The van der Waals surface area contributed by atoms with E-state index in [9.17, 15) is 14.4 Å². The SMILES string of the molecule is Cc1cccc(N(C(=O)c2snc(C(N)=O)c2N)[C@@H](C(=O)NC[C@H]2CCCO2)c2c[nH]c3ccccc23)c1. The molecule has 5 rings (SSSR count). The molecule has 1 saturated heterocycles.